The summed E-state index contributed by atoms with van der Waals surface area (Å²) in [4.78, 5) is 15.1. The Morgan fingerprint density at radius 2 is 2.18 bits per heavy atom. The van der Waals surface area contributed by atoms with Gasteiger partial charge < -0.3 is 20.3 Å². The van der Waals surface area contributed by atoms with Crippen LogP contribution in [0, 0.1) is 5.92 Å². The van der Waals surface area contributed by atoms with Crippen LogP contribution in [0.2, 0.25) is 5.02 Å². The Morgan fingerprint density at radius 1 is 1.36 bits per heavy atom. The predicted molar refractivity (Wildman–Crippen MR) is 85.9 cm³/mol. The Kier molecular flexibility index (Phi) is 3.62. The van der Waals surface area contributed by atoms with Crippen molar-refractivity contribution < 1.29 is 9.53 Å². The Morgan fingerprint density at radius 3 is 2.91 bits per heavy atom. The number of carbonyl (C=O) groups excluding carboxylic acids is 1. The third-order valence-electron chi connectivity index (χ3n) is 4.93. The Balaban J connectivity index is 1.56. The molecule has 1 unspecified atom stereocenters. The molecule has 4 aliphatic heterocycles. The summed E-state index contributed by atoms with van der Waals surface area (Å²) in [5.41, 5.74) is 1.34. The number of carbonyl (C=O) groups is 1. The number of hydrogen-bond donors (Lipinski definition) is 2. The van der Waals surface area contributed by atoms with E-state index in [1.165, 1.54) is 12.8 Å². The van der Waals surface area contributed by atoms with Gasteiger partial charge in [-0.15, -0.1) is 0 Å². The maximum Gasteiger partial charge on any atom is 0.255 e. The summed E-state index contributed by atoms with van der Waals surface area (Å²) in [6, 6.07) is 3.74. The average Bonchev–Trinajstić information content (AvgIpc) is 2.55. The summed E-state index contributed by atoms with van der Waals surface area (Å²) in [5, 5.41) is 6.98. The topological polar surface area (TPSA) is 53.6 Å². The van der Waals surface area contributed by atoms with Crippen molar-refractivity contribution in [2.24, 2.45) is 5.92 Å². The molecular weight excluding hydrogens is 302 g/mol. The number of halogens is 1. The molecule has 1 aromatic carbocycles. The van der Waals surface area contributed by atoms with Crippen LogP contribution >= 0.6 is 11.6 Å². The van der Waals surface area contributed by atoms with Crippen molar-refractivity contribution >= 4 is 23.2 Å². The first-order valence-electron chi connectivity index (χ1n) is 7.94. The molecule has 6 heteroatoms. The van der Waals surface area contributed by atoms with Gasteiger partial charge in [0, 0.05) is 24.2 Å². The first-order valence-corrected chi connectivity index (χ1v) is 8.32. The zero-order valence-electron chi connectivity index (χ0n) is 12.4. The SMILES string of the molecule is O=C(NC1CN2CCC1CC2)c1cc(Cl)cc2c1OCCN2. The molecule has 0 spiro atoms. The van der Waals surface area contributed by atoms with Crippen LogP contribution in [0.1, 0.15) is 23.2 Å². The lowest BCUT2D eigenvalue weighted by Crippen LogP contribution is -2.57. The van der Waals surface area contributed by atoms with E-state index in [2.05, 4.69) is 15.5 Å². The lowest BCUT2D eigenvalue weighted by molar-refractivity contribution is 0.0618. The van der Waals surface area contributed by atoms with Crippen LogP contribution in [0.3, 0.4) is 0 Å². The van der Waals surface area contributed by atoms with Gasteiger partial charge in [0.15, 0.2) is 5.75 Å². The number of anilines is 1. The number of amides is 1. The molecule has 1 aromatic rings. The van der Waals surface area contributed by atoms with Gasteiger partial charge in [-0.3, -0.25) is 4.79 Å². The van der Waals surface area contributed by atoms with Crippen LogP contribution < -0.4 is 15.4 Å². The maximum atomic E-state index is 12.7. The van der Waals surface area contributed by atoms with Crippen molar-refractivity contribution in [2.75, 3.05) is 38.1 Å². The second-order valence-corrected chi connectivity index (χ2v) is 6.76. The molecule has 3 saturated heterocycles. The monoisotopic (exact) mass is 321 g/mol. The molecule has 118 valence electrons. The highest BCUT2D eigenvalue weighted by Gasteiger charge is 2.35. The lowest BCUT2D eigenvalue weighted by atomic mass is 9.84. The number of hydrogen-bond acceptors (Lipinski definition) is 4. The molecule has 4 aliphatic rings. The van der Waals surface area contributed by atoms with Crippen molar-refractivity contribution in [3.8, 4) is 5.75 Å². The summed E-state index contributed by atoms with van der Waals surface area (Å²) < 4.78 is 5.69. The van der Waals surface area contributed by atoms with Gasteiger partial charge in [0.2, 0.25) is 0 Å². The van der Waals surface area contributed by atoms with Crippen LogP contribution in [0.15, 0.2) is 12.1 Å². The van der Waals surface area contributed by atoms with E-state index < -0.39 is 0 Å². The number of fused-ring (bicyclic) bond motifs is 4. The summed E-state index contributed by atoms with van der Waals surface area (Å²) in [6.07, 6.45) is 2.35. The molecule has 2 bridgehead atoms. The Labute approximate surface area is 135 Å². The van der Waals surface area contributed by atoms with E-state index in [9.17, 15) is 4.79 Å². The molecule has 0 aromatic heterocycles. The molecule has 5 rings (SSSR count). The van der Waals surface area contributed by atoms with Crippen LogP contribution in [0.5, 0.6) is 5.75 Å². The van der Waals surface area contributed by atoms with E-state index in [4.69, 9.17) is 16.3 Å². The fraction of sp³-hybridized carbons (Fsp3) is 0.562. The van der Waals surface area contributed by atoms with Gasteiger partial charge in [-0.25, -0.2) is 0 Å². The molecule has 0 radical (unpaired) electrons. The highest BCUT2D eigenvalue weighted by molar-refractivity contribution is 6.31. The standard InChI is InChI=1S/C16H20ClN3O2/c17-11-7-12(15-13(8-11)18-3-6-22-15)16(21)19-14-9-20-4-1-10(14)2-5-20/h7-8,10,14,18H,1-6,9H2,(H,19,21). The normalized spacial score (nSPS) is 29.2. The second-order valence-electron chi connectivity index (χ2n) is 6.32. The fourth-order valence-electron chi connectivity index (χ4n) is 3.76. The van der Waals surface area contributed by atoms with Gasteiger partial charge in [0.1, 0.15) is 6.61 Å². The van der Waals surface area contributed by atoms with Gasteiger partial charge in [-0.1, -0.05) is 11.6 Å². The summed E-state index contributed by atoms with van der Waals surface area (Å²) >= 11 is 6.15. The van der Waals surface area contributed by atoms with Crippen LogP contribution in [0.25, 0.3) is 0 Å². The first kappa shape index (κ1) is 14.2. The summed E-state index contributed by atoms with van der Waals surface area (Å²) in [5.74, 6) is 1.14. The summed E-state index contributed by atoms with van der Waals surface area (Å²) in [7, 11) is 0. The number of piperidine rings is 3. The molecule has 3 fully saturated rings. The van der Waals surface area contributed by atoms with Crippen molar-refractivity contribution in [1.82, 2.24) is 10.2 Å². The quantitative estimate of drug-likeness (QED) is 0.874. The minimum absolute atomic E-state index is 0.0822. The Bertz CT molecular complexity index is 599. The number of rotatable bonds is 2. The van der Waals surface area contributed by atoms with E-state index in [1.54, 1.807) is 12.1 Å². The third-order valence-corrected chi connectivity index (χ3v) is 5.15. The van der Waals surface area contributed by atoms with E-state index in [1.807, 2.05) is 0 Å². The van der Waals surface area contributed by atoms with Gasteiger partial charge in [0.25, 0.3) is 5.91 Å². The largest absolute Gasteiger partial charge is 0.489 e. The molecule has 5 nitrogen and oxygen atoms in total. The molecule has 0 saturated carbocycles. The molecule has 2 N–H and O–H groups in total. The van der Waals surface area contributed by atoms with Gasteiger partial charge in [0.05, 0.1) is 11.3 Å². The average molecular weight is 322 g/mol. The van der Waals surface area contributed by atoms with Crippen molar-refractivity contribution in [3.05, 3.63) is 22.7 Å². The molecular formula is C16H20ClN3O2. The molecule has 22 heavy (non-hydrogen) atoms. The number of benzene rings is 1. The number of nitrogens with one attached hydrogen (secondary N) is 2. The summed E-state index contributed by atoms with van der Waals surface area (Å²) in [6.45, 7) is 4.58. The third kappa shape index (κ3) is 2.52. The second kappa shape index (κ2) is 5.63. The van der Waals surface area contributed by atoms with Gasteiger partial charge in [-0.2, -0.15) is 0 Å². The van der Waals surface area contributed by atoms with Crippen LogP contribution in [0.4, 0.5) is 5.69 Å². The molecule has 1 amide bonds. The Hall–Kier alpha value is -1.46. The van der Waals surface area contributed by atoms with Gasteiger partial charge in [-0.05, 0) is 44.0 Å². The van der Waals surface area contributed by atoms with E-state index >= 15 is 0 Å². The molecule has 1 atom stereocenters. The first-order chi connectivity index (χ1) is 10.7. The highest BCUT2D eigenvalue weighted by atomic mass is 35.5. The molecule has 0 aliphatic carbocycles. The number of ether oxygens (including phenoxy) is 1. The highest BCUT2D eigenvalue weighted by Crippen LogP contribution is 2.35. The minimum atomic E-state index is -0.0822. The predicted octanol–water partition coefficient (Wildman–Crippen LogP) is 1.97. The smallest absolute Gasteiger partial charge is 0.255 e. The number of nitrogens with zero attached hydrogens (tertiary/aromatic N) is 1. The fourth-order valence-corrected chi connectivity index (χ4v) is 3.98. The van der Waals surface area contributed by atoms with Crippen molar-refractivity contribution in [1.29, 1.82) is 0 Å². The maximum absolute atomic E-state index is 12.7. The van der Waals surface area contributed by atoms with Crippen LogP contribution in [-0.4, -0.2) is 49.6 Å². The van der Waals surface area contributed by atoms with Crippen molar-refractivity contribution in [2.45, 2.75) is 18.9 Å². The minimum Gasteiger partial charge on any atom is -0.489 e. The zero-order chi connectivity index (χ0) is 15.1. The van der Waals surface area contributed by atoms with Gasteiger partial charge >= 0.3 is 0 Å². The zero-order valence-corrected chi connectivity index (χ0v) is 13.2. The van der Waals surface area contributed by atoms with E-state index in [0.717, 1.165) is 31.9 Å². The van der Waals surface area contributed by atoms with E-state index in [0.29, 0.717) is 28.9 Å². The van der Waals surface area contributed by atoms with E-state index in [-0.39, 0.29) is 11.9 Å². The van der Waals surface area contributed by atoms with Crippen LogP contribution in [-0.2, 0) is 0 Å². The lowest BCUT2D eigenvalue weighted by Gasteiger charge is -2.45. The van der Waals surface area contributed by atoms with Crippen molar-refractivity contribution in [3.63, 3.8) is 0 Å². The molecule has 4 heterocycles.